The Hall–Kier alpha value is -0.420. The molecule has 1 N–H and O–H groups in total. The molecule has 4 nitrogen and oxygen atoms in total. The van der Waals surface area contributed by atoms with Crippen molar-refractivity contribution < 1.29 is 13.7 Å². The second-order valence-electron chi connectivity index (χ2n) is 3.76. The summed E-state index contributed by atoms with van der Waals surface area (Å²) in [4.78, 5) is 10.8. The van der Waals surface area contributed by atoms with Gasteiger partial charge in [-0.05, 0) is 25.8 Å². The second-order valence-corrected chi connectivity index (χ2v) is 5.45. The van der Waals surface area contributed by atoms with Gasteiger partial charge in [0.25, 0.3) is 0 Å². The maximum atomic E-state index is 11.1. The van der Waals surface area contributed by atoms with Gasteiger partial charge >= 0.3 is 5.97 Å². The number of carbonyl (C=O) groups is 1. The minimum atomic E-state index is -0.591. The zero-order valence-electron chi connectivity index (χ0n) is 9.16. The number of hydrogen-bond acceptors (Lipinski definition) is 4. The highest BCUT2D eigenvalue weighted by atomic mass is 32.2. The molecule has 0 aromatic heterocycles. The van der Waals surface area contributed by atoms with Crippen LogP contribution < -0.4 is 5.32 Å². The van der Waals surface area contributed by atoms with Crippen molar-refractivity contribution in [2.24, 2.45) is 0 Å². The average molecular weight is 233 g/mol. The van der Waals surface area contributed by atoms with Crippen molar-refractivity contribution >= 4 is 16.8 Å². The fourth-order valence-corrected chi connectivity index (χ4v) is 2.94. The fraction of sp³-hybridized carbons (Fsp3) is 0.900. The molecule has 0 unspecified atom stereocenters. The molecular formula is C10H19NO3S. The van der Waals surface area contributed by atoms with Crippen LogP contribution in [0.2, 0.25) is 0 Å². The Labute approximate surface area is 93.2 Å². The third kappa shape index (κ3) is 5.28. The smallest absolute Gasteiger partial charge is 0.305 e. The SMILES string of the molecule is COC(=O)CCCNC1CCS(=O)CC1. The average Bonchev–Trinajstić information content (AvgIpc) is 2.26. The largest absolute Gasteiger partial charge is 0.469 e. The highest BCUT2D eigenvalue weighted by Crippen LogP contribution is 2.08. The van der Waals surface area contributed by atoms with Crippen molar-refractivity contribution in [1.29, 1.82) is 0 Å². The van der Waals surface area contributed by atoms with Gasteiger partial charge < -0.3 is 10.1 Å². The van der Waals surface area contributed by atoms with Gasteiger partial charge in [-0.2, -0.15) is 0 Å². The fourth-order valence-electron chi connectivity index (χ4n) is 1.64. The lowest BCUT2D eigenvalue weighted by Gasteiger charge is -2.22. The van der Waals surface area contributed by atoms with E-state index in [1.54, 1.807) is 0 Å². The van der Waals surface area contributed by atoms with E-state index in [2.05, 4.69) is 10.1 Å². The number of carbonyl (C=O) groups excluding carboxylic acids is 1. The molecule has 88 valence electrons. The van der Waals surface area contributed by atoms with E-state index in [-0.39, 0.29) is 5.97 Å². The maximum Gasteiger partial charge on any atom is 0.305 e. The quantitative estimate of drug-likeness (QED) is 0.553. The summed E-state index contributed by atoms with van der Waals surface area (Å²) in [6, 6.07) is 0.486. The Kier molecular flexibility index (Phi) is 5.86. The van der Waals surface area contributed by atoms with E-state index in [0.29, 0.717) is 12.5 Å². The predicted octanol–water partition coefficient (Wildman–Crippen LogP) is 0.440. The molecule has 15 heavy (non-hydrogen) atoms. The first kappa shape index (κ1) is 12.6. The Bertz CT molecular complexity index is 223. The van der Waals surface area contributed by atoms with E-state index in [1.165, 1.54) is 7.11 Å². The molecule has 0 aromatic rings. The standard InChI is InChI=1S/C10H19NO3S/c1-14-10(12)3-2-6-11-9-4-7-15(13)8-5-9/h9,11H,2-8H2,1H3. The van der Waals surface area contributed by atoms with Crippen molar-refractivity contribution in [2.45, 2.75) is 31.7 Å². The second kappa shape index (κ2) is 6.95. The molecule has 0 aliphatic carbocycles. The molecule has 5 heteroatoms. The van der Waals surface area contributed by atoms with Crippen molar-refractivity contribution in [2.75, 3.05) is 25.2 Å². The van der Waals surface area contributed by atoms with Gasteiger partial charge in [0.05, 0.1) is 7.11 Å². The number of rotatable bonds is 5. The normalized spacial score (nSPS) is 26.2. The molecule has 1 aliphatic rings. The molecule has 0 spiro atoms. The van der Waals surface area contributed by atoms with Crippen LogP contribution >= 0.6 is 0 Å². The highest BCUT2D eigenvalue weighted by molar-refractivity contribution is 7.85. The topological polar surface area (TPSA) is 55.4 Å². The number of esters is 1. The van der Waals surface area contributed by atoms with Crippen LogP contribution in [-0.2, 0) is 20.3 Å². The summed E-state index contributed by atoms with van der Waals surface area (Å²) in [6.45, 7) is 0.840. The van der Waals surface area contributed by atoms with E-state index >= 15 is 0 Å². The van der Waals surface area contributed by atoms with Gasteiger partial charge in [-0.15, -0.1) is 0 Å². The third-order valence-corrected chi connectivity index (χ3v) is 3.99. The van der Waals surface area contributed by atoms with E-state index in [0.717, 1.165) is 37.3 Å². The van der Waals surface area contributed by atoms with Gasteiger partial charge in [0.15, 0.2) is 0 Å². The zero-order chi connectivity index (χ0) is 11.1. The van der Waals surface area contributed by atoms with Crippen molar-refractivity contribution in [3.8, 4) is 0 Å². The first-order valence-electron chi connectivity index (χ1n) is 5.37. The lowest BCUT2D eigenvalue weighted by atomic mass is 10.1. The Morgan fingerprint density at radius 3 is 2.73 bits per heavy atom. The van der Waals surface area contributed by atoms with Crippen molar-refractivity contribution in [3.05, 3.63) is 0 Å². The van der Waals surface area contributed by atoms with Gasteiger partial charge in [-0.1, -0.05) is 0 Å². The van der Waals surface area contributed by atoms with E-state index < -0.39 is 10.8 Å². The summed E-state index contributed by atoms with van der Waals surface area (Å²) in [7, 11) is 0.818. The van der Waals surface area contributed by atoms with Crippen LogP contribution in [0.3, 0.4) is 0 Å². The molecule has 0 bridgehead atoms. The van der Waals surface area contributed by atoms with E-state index in [4.69, 9.17) is 0 Å². The van der Waals surface area contributed by atoms with Crippen LogP contribution in [-0.4, -0.2) is 41.4 Å². The number of hydrogen-bond donors (Lipinski definition) is 1. The lowest BCUT2D eigenvalue weighted by Crippen LogP contribution is -2.36. The summed E-state index contributed by atoms with van der Waals surface area (Å²) < 4.78 is 15.6. The summed E-state index contributed by atoms with van der Waals surface area (Å²) in [6.07, 6.45) is 3.27. The van der Waals surface area contributed by atoms with Crippen LogP contribution in [0, 0.1) is 0 Å². The molecule has 1 aliphatic heterocycles. The van der Waals surface area contributed by atoms with Gasteiger partial charge in [-0.25, -0.2) is 0 Å². The summed E-state index contributed by atoms with van der Waals surface area (Å²) in [5.41, 5.74) is 0. The number of methoxy groups -OCH3 is 1. The highest BCUT2D eigenvalue weighted by Gasteiger charge is 2.16. The van der Waals surface area contributed by atoms with Crippen molar-refractivity contribution in [3.63, 3.8) is 0 Å². The minimum absolute atomic E-state index is 0.151. The lowest BCUT2D eigenvalue weighted by molar-refractivity contribution is -0.140. The molecule has 0 aromatic carbocycles. The molecule has 1 saturated heterocycles. The van der Waals surface area contributed by atoms with E-state index in [1.807, 2.05) is 0 Å². The maximum absolute atomic E-state index is 11.1. The van der Waals surface area contributed by atoms with Crippen LogP contribution in [0.25, 0.3) is 0 Å². The van der Waals surface area contributed by atoms with Gasteiger partial charge in [0.1, 0.15) is 0 Å². The molecule has 1 heterocycles. The molecule has 0 saturated carbocycles. The third-order valence-electron chi connectivity index (χ3n) is 2.61. The Balaban J connectivity index is 2.00. The van der Waals surface area contributed by atoms with Crippen LogP contribution in [0.5, 0.6) is 0 Å². The number of ether oxygens (including phenoxy) is 1. The Morgan fingerprint density at radius 1 is 1.47 bits per heavy atom. The monoisotopic (exact) mass is 233 g/mol. The van der Waals surface area contributed by atoms with Crippen LogP contribution in [0.1, 0.15) is 25.7 Å². The number of nitrogens with one attached hydrogen (secondary N) is 1. The summed E-state index contributed by atoms with van der Waals surface area (Å²) in [5.74, 6) is 1.48. The summed E-state index contributed by atoms with van der Waals surface area (Å²) in [5, 5.41) is 3.38. The molecular weight excluding hydrogens is 214 g/mol. The van der Waals surface area contributed by atoms with Crippen molar-refractivity contribution in [1.82, 2.24) is 5.32 Å². The minimum Gasteiger partial charge on any atom is -0.469 e. The molecule has 0 radical (unpaired) electrons. The first-order chi connectivity index (χ1) is 7.22. The molecule has 1 fully saturated rings. The van der Waals surface area contributed by atoms with Gasteiger partial charge in [0.2, 0.25) is 0 Å². The summed E-state index contributed by atoms with van der Waals surface area (Å²) >= 11 is 0. The first-order valence-corrected chi connectivity index (χ1v) is 6.86. The van der Waals surface area contributed by atoms with Gasteiger partial charge in [0, 0.05) is 34.8 Å². The zero-order valence-corrected chi connectivity index (χ0v) is 9.98. The molecule has 0 atom stereocenters. The predicted molar refractivity (Wildman–Crippen MR) is 60.2 cm³/mol. The van der Waals surface area contributed by atoms with Crippen LogP contribution in [0.4, 0.5) is 0 Å². The molecule has 1 rings (SSSR count). The Morgan fingerprint density at radius 2 is 2.13 bits per heavy atom. The van der Waals surface area contributed by atoms with Gasteiger partial charge in [-0.3, -0.25) is 9.00 Å². The molecule has 0 amide bonds. The van der Waals surface area contributed by atoms with E-state index in [9.17, 15) is 9.00 Å². The van der Waals surface area contributed by atoms with Crippen LogP contribution in [0.15, 0.2) is 0 Å².